The number of fused-ring (bicyclic) bond motifs is 2. The number of halogens is 1. The fraction of sp³-hybridized carbons (Fsp3) is 0.316. The lowest BCUT2D eigenvalue weighted by Crippen LogP contribution is -3.15. The molecule has 0 radical (unpaired) electrons. The minimum absolute atomic E-state index is 0.0420. The van der Waals surface area contributed by atoms with E-state index in [4.69, 9.17) is 11.6 Å². The second-order valence-electron chi connectivity index (χ2n) is 6.59. The van der Waals surface area contributed by atoms with Crippen molar-refractivity contribution in [1.82, 2.24) is 0 Å². The Morgan fingerprint density at radius 1 is 1.24 bits per heavy atom. The average molecular weight is 376 g/mol. The maximum Gasteiger partial charge on any atom is 0.286 e. The fourth-order valence-corrected chi connectivity index (χ4v) is 4.78. The van der Waals surface area contributed by atoms with Crippen LogP contribution in [0.2, 0.25) is 5.02 Å². The van der Waals surface area contributed by atoms with E-state index in [0.29, 0.717) is 18.1 Å². The number of likely N-dealkylation sites (tertiary alicyclic amines) is 1. The fourth-order valence-electron chi connectivity index (χ4n) is 3.58. The predicted octanol–water partition coefficient (Wildman–Crippen LogP) is 2.51. The molecule has 2 N–H and O–H groups in total. The molecule has 25 heavy (non-hydrogen) atoms. The third-order valence-electron chi connectivity index (χ3n) is 4.73. The zero-order valence-electron chi connectivity index (χ0n) is 13.7. The Morgan fingerprint density at radius 2 is 2.04 bits per heavy atom. The van der Waals surface area contributed by atoms with Gasteiger partial charge in [0, 0.05) is 14.8 Å². The average Bonchev–Trinajstić information content (AvgIpc) is 2.59. The zero-order chi connectivity index (χ0) is 17.4. The lowest BCUT2D eigenvalue weighted by molar-refractivity contribution is -0.900. The molecule has 2 aromatic carbocycles. The number of aliphatic hydroxyl groups is 1. The van der Waals surface area contributed by atoms with E-state index in [2.05, 4.69) is 0 Å². The second-order valence-corrected chi connectivity index (χ2v) is 8.11. The third kappa shape index (κ3) is 3.42. The number of benzene rings is 2. The van der Waals surface area contributed by atoms with Gasteiger partial charge in [0.05, 0.1) is 17.9 Å². The molecule has 0 spiro atoms. The number of piperidine rings is 1. The molecule has 2 unspecified atom stereocenters. The van der Waals surface area contributed by atoms with Crippen LogP contribution in [0.1, 0.15) is 12.8 Å². The van der Waals surface area contributed by atoms with Crippen LogP contribution in [-0.2, 0) is 4.79 Å². The second kappa shape index (κ2) is 7.00. The van der Waals surface area contributed by atoms with Gasteiger partial charge >= 0.3 is 0 Å². The van der Waals surface area contributed by atoms with Gasteiger partial charge in [-0.25, -0.2) is 0 Å². The summed E-state index contributed by atoms with van der Waals surface area (Å²) in [6.45, 7) is 1.94. The molecule has 6 heteroatoms. The SMILES string of the molecule is O=C(C[NH+]1CCCC(O)C1)N1c2ccccc2Sc2ccc(Cl)cc21. The van der Waals surface area contributed by atoms with Crippen LogP contribution in [0.25, 0.3) is 0 Å². The van der Waals surface area contributed by atoms with Crippen LogP contribution in [0, 0.1) is 0 Å². The number of hydrogen-bond donors (Lipinski definition) is 2. The van der Waals surface area contributed by atoms with E-state index in [0.717, 1.165) is 45.5 Å². The first-order valence-electron chi connectivity index (χ1n) is 8.53. The Bertz CT molecular complexity index is 814. The largest absolute Gasteiger partial charge is 0.387 e. The van der Waals surface area contributed by atoms with E-state index >= 15 is 0 Å². The number of rotatable bonds is 2. The molecule has 2 heterocycles. The molecule has 2 aliphatic heterocycles. The predicted molar refractivity (Wildman–Crippen MR) is 100.0 cm³/mol. The van der Waals surface area contributed by atoms with Crippen LogP contribution in [0.3, 0.4) is 0 Å². The lowest BCUT2D eigenvalue weighted by Gasteiger charge is -2.33. The van der Waals surface area contributed by atoms with Crippen molar-refractivity contribution in [3.8, 4) is 0 Å². The highest BCUT2D eigenvalue weighted by atomic mass is 35.5. The number of hydrogen-bond acceptors (Lipinski definition) is 3. The maximum atomic E-state index is 13.2. The van der Waals surface area contributed by atoms with Gasteiger partial charge in [0.25, 0.3) is 5.91 Å². The zero-order valence-corrected chi connectivity index (χ0v) is 15.3. The summed E-state index contributed by atoms with van der Waals surface area (Å²) >= 11 is 7.86. The first kappa shape index (κ1) is 16.9. The minimum Gasteiger partial charge on any atom is -0.387 e. The van der Waals surface area contributed by atoms with E-state index in [1.807, 2.05) is 42.5 Å². The van der Waals surface area contributed by atoms with Crippen LogP contribution in [-0.4, -0.2) is 36.8 Å². The number of para-hydroxylation sites is 1. The molecular weight excluding hydrogens is 356 g/mol. The summed E-state index contributed by atoms with van der Waals surface area (Å²) in [6, 6.07) is 13.6. The van der Waals surface area contributed by atoms with Crippen molar-refractivity contribution < 1.29 is 14.8 Å². The smallest absolute Gasteiger partial charge is 0.286 e. The van der Waals surface area contributed by atoms with Gasteiger partial charge in [-0.15, -0.1) is 0 Å². The van der Waals surface area contributed by atoms with Crippen molar-refractivity contribution >= 4 is 40.6 Å². The Morgan fingerprint density at radius 3 is 2.88 bits per heavy atom. The first-order valence-corrected chi connectivity index (χ1v) is 9.72. The number of nitrogens with one attached hydrogen (secondary N) is 1. The Labute approximate surface area is 156 Å². The van der Waals surface area contributed by atoms with Gasteiger partial charge in [-0.1, -0.05) is 35.5 Å². The van der Waals surface area contributed by atoms with E-state index < -0.39 is 0 Å². The van der Waals surface area contributed by atoms with E-state index in [1.165, 1.54) is 0 Å². The summed E-state index contributed by atoms with van der Waals surface area (Å²) < 4.78 is 0. The Balaban J connectivity index is 1.68. The molecule has 4 rings (SSSR count). The Hall–Kier alpha value is -1.53. The topological polar surface area (TPSA) is 45.0 Å². The highest BCUT2D eigenvalue weighted by Gasteiger charge is 2.32. The molecule has 0 saturated carbocycles. The molecule has 1 fully saturated rings. The number of carbonyl (C=O) groups is 1. The number of quaternary nitrogens is 1. The van der Waals surface area contributed by atoms with Gasteiger partial charge in [-0.05, 0) is 43.2 Å². The van der Waals surface area contributed by atoms with E-state index in [1.54, 1.807) is 16.7 Å². The lowest BCUT2D eigenvalue weighted by atomic mass is 10.1. The molecule has 130 valence electrons. The standard InChI is InChI=1S/C19H19ClN2O2S/c20-13-7-8-18-16(10-13)22(15-5-1-2-6-17(15)25-18)19(24)12-21-9-3-4-14(23)11-21/h1-2,5-8,10,14,23H,3-4,9,11-12H2/p+1. The van der Waals surface area contributed by atoms with Crippen LogP contribution < -0.4 is 9.80 Å². The summed E-state index contributed by atoms with van der Waals surface area (Å²) in [7, 11) is 0. The molecular formula is C19H20ClN2O2S+. The van der Waals surface area contributed by atoms with Crippen molar-refractivity contribution in [3.05, 3.63) is 47.5 Å². The quantitative estimate of drug-likeness (QED) is 0.847. The first-order chi connectivity index (χ1) is 12.1. The number of amides is 1. The van der Waals surface area contributed by atoms with Crippen LogP contribution in [0.5, 0.6) is 0 Å². The summed E-state index contributed by atoms with van der Waals surface area (Å²) in [4.78, 5) is 18.2. The molecule has 2 atom stereocenters. The summed E-state index contributed by atoms with van der Waals surface area (Å²) in [5, 5.41) is 10.5. The van der Waals surface area contributed by atoms with Gasteiger partial charge in [0.1, 0.15) is 12.6 Å². The number of carbonyl (C=O) groups excluding carboxylic acids is 1. The summed E-state index contributed by atoms with van der Waals surface area (Å²) in [5.41, 5.74) is 1.75. The van der Waals surface area contributed by atoms with Crippen LogP contribution in [0.4, 0.5) is 11.4 Å². The number of nitrogens with zero attached hydrogens (tertiary/aromatic N) is 1. The van der Waals surface area contributed by atoms with Crippen LogP contribution in [0.15, 0.2) is 52.3 Å². The molecule has 0 aliphatic carbocycles. The Kier molecular flexibility index (Phi) is 4.73. The summed E-state index contributed by atoms with van der Waals surface area (Å²) in [5.74, 6) is 0.0420. The molecule has 1 saturated heterocycles. The summed E-state index contributed by atoms with van der Waals surface area (Å²) in [6.07, 6.45) is 1.49. The van der Waals surface area contributed by atoms with Crippen LogP contribution >= 0.6 is 23.4 Å². The molecule has 0 bridgehead atoms. The van der Waals surface area contributed by atoms with Crippen molar-refractivity contribution in [2.45, 2.75) is 28.7 Å². The van der Waals surface area contributed by atoms with Gasteiger partial charge in [0.2, 0.25) is 0 Å². The number of aliphatic hydroxyl groups excluding tert-OH is 1. The molecule has 2 aliphatic rings. The molecule has 4 nitrogen and oxygen atoms in total. The molecule has 1 amide bonds. The van der Waals surface area contributed by atoms with Crippen molar-refractivity contribution in [2.75, 3.05) is 24.5 Å². The van der Waals surface area contributed by atoms with E-state index in [-0.39, 0.29) is 12.0 Å². The maximum absolute atomic E-state index is 13.2. The normalized spacial score (nSPS) is 22.2. The van der Waals surface area contributed by atoms with Crippen molar-refractivity contribution in [2.24, 2.45) is 0 Å². The highest BCUT2D eigenvalue weighted by molar-refractivity contribution is 7.99. The number of anilines is 2. The van der Waals surface area contributed by atoms with Gasteiger partial charge in [-0.2, -0.15) is 0 Å². The monoisotopic (exact) mass is 375 g/mol. The highest BCUT2D eigenvalue weighted by Crippen LogP contribution is 2.48. The van der Waals surface area contributed by atoms with Crippen molar-refractivity contribution in [3.63, 3.8) is 0 Å². The van der Waals surface area contributed by atoms with Gasteiger partial charge in [-0.3, -0.25) is 9.69 Å². The van der Waals surface area contributed by atoms with Gasteiger partial charge < -0.3 is 10.0 Å². The third-order valence-corrected chi connectivity index (χ3v) is 6.10. The van der Waals surface area contributed by atoms with E-state index in [9.17, 15) is 9.90 Å². The molecule has 2 aromatic rings. The van der Waals surface area contributed by atoms with Crippen molar-refractivity contribution in [1.29, 1.82) is 0 Å². The molecule has 0 aromatic heterocycles. The minimum atomic E-state index is -0.303. The van der Waals surface area contributed by atoms with Gasteiger partial charge in [0.15, 0.2) is 6.54 Å².